The van der Waals surface area contributed by atoms with Crippen LogP contribution in [0.15, 0.2) is 41.1 Å². The van der Waals surface area contributed by atoms with Crippen LogP contribution in [0.25, 0.3) is 0 Å². The molecule has 0 unspecified atom stereocenters. The molecule has 0 fully saturated rings. The number of hydrogen-bond donors (Lipinski definition) is 2. The van der Waals surface area contributed by atoms with E-state index < -0.39 is 0 Å². The first-order valence-electron chi connectivity index (χ1n) is 6.68. The van der Waals surface area contributed by atoms with E-state index in [0.717, 1.165) is 11.0 Å². The van der Waals surface area contributed by atoms with Gasteiger partial charge in [-0.2, -0.15) is 0 Å². The molecule has 0 atom stereocenters. The van der Waals surface area contributed by atoms with E-state index in [1.165, 1.54) is 12.4 Å². The van der Waals surface area contributed by atoms with Crippen LogP contribution < -0.4 is 10.6 Å². The molecule has 5 nitrogen and oxygen atoms in total. The highest BCUT2D eigenvalue weighted by Gasteiger charge is 2.09. The molecule has 0 saturated heterocycles. The summed E-state index contributed by atoms with van der Waals surface area (Å²) < 4.78 is 0.828. The number of aromatic nitrogens is 2. The average Bonchev–Trinajstić information content (AvgIpc) is 2.48. The summed E-state index contributed by atoms with van der Waals surface area (Å²) in [5, 5.41) is 5.92. The van der Waals surface area contributed by atoms with Crippen LogP contribution in [0.3, 0.4) is 0 Å². The fraction of sp³-hybridized carbons (Fsp3) is 0.267. The van der Waals surface area contributed by atoms with E-state index in [4.69, 9.17) is 0 Å². The van der Waals surface area contributed by atoms with Gasteiger partial charge in [0.15, 0.2) is 0 Å². The van der Waals surface area contributed by atoms with Crippen molar-refractivity contribution < 1.29 is 4.79 Å². The number of rotatable bonds is 5. The van der Waals surface area contributed by atoms with Crippen molar-refractivity contribution in [2.45, 2.75) is 13.8 Å². The second kappa shape index (κ2) is 7.17. The Labute approximate surface area is 132 Å². The van der Waals surface area contributed by atoms with Gasteiger partial charge in [-0.15, -0.1) is 0 Å². The molecule has 2 N–H and O–H groups in total. The van der Waals surface area contributed by atoms with E-state index >= 15 is 0 Å². The smallest absolute Gasteiger partial charge is 0.258 e. The summed E-state index contributed by atoms with van der Waals surface area (Å²) in [4.78, 5) is 20.4. The van der Waals surface area contributed by atoms with Gasteiger partial charge < -0.3 is 10.6 Å². The molecule has 0 aliphatic rings. The van der Waals surface area contributed by atoms with Crippen molar-refractivity contribution in [1.82, 2.24) is 9.97 Å². The molecule has 0 radical (unpaired) electrons. The van der Waals surface area contributed by atoms with E-state index in [2.05, 4.69) is 50.4 Å². The first-order valence-corrected chi connectivity index (χ1v) is 7.47. The Morgan fingerprint density at radius 1 is 1.24 bits per heavy atom. The number of anilines is 2. The Kier molecular flexibility index (Phi) is 5.27. The van der Waals surface area contributed by atoms with Crippen molar-refractivity contribution in [3.8, 4) is 0 Å². The Hall–Kier alpha value is -1.95. The Bertz CT molecular complexity index is 613. The van der Waals surface area contributed by atoms with Crippen molar-refractivity contribution in [3.05, 3.63) is 46.7 Å². The molecular formula is C15H17BrN4O. The normalized spacial score (nSPS) is 10.5. The Balaban J connectivity index is 2.01. The van der Waals surface area contributed by atoms with Crippen LogP contribution in [-0.2, 0) is 0 Å². The molecule has 0 spiro atoms. The summed E-state index contributed by atoms with van der Waals surface area (Å²) in [6.45, 7) is 5.00. The molecule has 0 aliphatic heterocycles. The molecule has 6 heteroatoms. The number of nitrogens with one attached hydrogen (secondary N) is 2. The van der Waals surface area contributed by atoms with Gasteiger partial charge in [-0.1, -0.05) is 26.0 Å². The van der Waals surface area contributed by atoms with E-state index in [-0.39, 0.29) is 5.91 Å². The molecule has 21 heavy (non-hydrogen) atoms. The number of para-hydroxylation sites is 1. The lowest BCUT2D eigenvalue weighted by molar-refractivity contribution is 0.102. The first-order chi connectivity index (χ1) is 10.1. The van der Waals surface area contributed by atoms with Crippen molar-refractivity contribution >= 4 is 33.5 Å². The lowest BCUT2D eigenvalue weighted by atomic mass is 10.2. The number of nitrogens with zero attached hydrogens (tertiary/aromatic N) is 2. The minimum atomic E-state index is -0.239. The molecule has 110 valence electrons. The predicted octanol–water partition coefficient (Wildman–Crippen LogP) is 3.56. The molecule has 0 saturated carbocycles. The predicted molar refractivity (Wildman–Crippen MR) is 87.5 cm³/mol. The number of halogens is 1. The zero-order valence-corrected chi connectivity index (χ0v) is 13.5. The van der Waals surface area contributed by atoms with Crippen LogP contribution >= 0.6 is 15.9 Å². The van der Waals surface area contributed by atoms with Crippen LogP contribution in [0.4, 0.5) is 11.6 Å². The Morgan fingerprint density at radius 2 is 1.90 bits per heavy atom. The standard InChI is InChI=1S/C15H17BrN4O/c1-10(2)7-17-15-18-8-11(9-19-15)14(21)20-13-6-4-3-5-12(13)16/h3-6,8-10H,7H2,1-2H3,(H,20,21)(H,17,18,19). The van der Waals surface area contributed by atoms with Crippen LogP contribution in [0, 0.1) is 5.92 Å². The van der Waals surface area contributed by atoms with Gasteiger partial charge in [-0.3, -0.25) is 4.79 Å². The highest BCUT2D eigenvalue weighted by molar-refractivity contribution is 9.10. The van der Waals surface area contributed by atoms with Crippen LogP contribution in [0.1, 0.15) is 24.2 Å². The van der Waals surface area contributed by atoms with Crippen molar-refractivity contribution in [2.24, 2.45) is 5.92 Å². The number of benzene rings is 1. The molecule has 1 amide bonds. The van der Waals surface area contributed by atoms with Gasteiger partial charge in [0.05, 0.1) is 11.3 Å². The topological polar surface area (TPSA) is 66.9 Å². The number of carbonyl (C=O) groups is 1. The van der Waals surface area contributed by atoms with Crippen LogP contribution in [-0.4, -0.2) is 22.4 Å². The second-order valence-corrected chi connectivity index (χ2v) is 5.86. The average molecular weight is 349 g/mol. The quantitative estimate of drug-likeness (QED) is 0.866. The molecule has 2 rings (SSSR count). The van der Waals surface area contributed by atoms with E-state index in [0.29, 0.717) is 23.1 Å². The van der Waals surface area contributed by atoms with Crippen molar-refractivity contribution in [2.75, 3.05) is 17.2 Å². The summed E-state index contributed by atoms with van der Waals surface area (Å²) >= 11 is 3.39. The maximum absolute atomic E-state index is 12.1. The number of hydrogen-bond acceptors (Lipinski definition) is 4. The van der Waals surface area contributed by atoms with Gasteiger partial charge in [0.2, 0.25) is 5.95 Å². The van der Waals surface area contributed by atoms with Crippen LogP contribution in [0.5, 0.6) is 0 Å². The number of amides is 1. The van der Waals surface area contributed by atoms with Gasteiger partial charge in [0.1, 0.15) is 0 Å². The highest BCUT2D eigenvalue weighted by Crippen LogP contribution is 2.21. The molecule has 1 aromatic carbocycles. The maximum atomic E-state index is 12.1. The molecule has 0 aliphatic carbocycles. The van der Waals surface area contributed by atoms with Gasteiger partial charge in [0, 0.05) is 23.4 Å². The molecular weight excluding hydrogens is 332 g/mol. The SMILES string of the molecule is CC(C)CNc1ncc(C(=O)Nc2ccccc2Br)cn1. The first kappa shape index (κ1) is 15.4. The van der Waals surface area contributed by atoms with Gasteiger partial charge in [-0.25, -0.2) is 9.97 Å². The summed E-state index contributed by atoms with van der Waals surface area (Å²) in [5.74, 6) is 0.797. The van der Waals surface area contributed by atoms with Gasteiger partial charge >= 0.3 is 0 Å². The minimum Gasteiger partial charge on any atom is -0.354 e. The third-order valence-corrected chi connectivity index (χ3v) is 3.40. The largest absolute Gasteiger partial charge is 0.354 e. The summed E-state index contributed by atoms with van der Waals surface area (Å²) in [5.41, 5.74) is 1.13. The monoisotopic (exact) mass is 348 g/mol. The van der Waals surface area contributed by atoms with Crippen molar-refractivity contribution in [3.63, 3.8) is 0 Å². The lowest BCUT2D eigenvalue weighted by Crippen LogP contribution is -2.15. The fourth-order valence-electron chi connectivity index (χ4n) is 1.59. The maximum Gasteiger partial charge on any atom is 0.258 e. The van der Waals surface area contributed by atoms with Crippen molar-refractivity contribution in [1.29, 1.82) is 0 Å². The molecule has 1 aromatic heterocycles. The van der Waals surface area contributed by atoms with E-state index in [9.17, 15) is 4.79 Å². The third-order valence-electron chi connectivity index (χ3n) is 2.70. The zero-order chi connectivity index (χ0) is 15.2. The second-order valence-electron chi connectivity index (χ2n) is 5.00. The fourth-order valence-corrected chi connectivity index (χ4v) is 1.97. The minimum absolute atomic E-state index is 0.239. The Morgan fingerprint density at radius 3 is 2.52 bits per heavy atom. The zero-order valence-electron chi connectivity index (χ0n) is 11.9. The number of carbonyl (C=O) groups excluding carboxylic acids is 1. The van der Waals surface area contributed by atoms with Gasteiger partial charge in [0.25, 0.3) is 5.91 Å². The van der Waals surface area contributed by atoms with Crippen LogP contribution in [0.2, 0.25) is 0 Å². The highest BCUT2D eigenvalue weighted by atomic mass is 79.9. The van der Waals surface area contributed by atoms with Gasteiger partial charge in [-0.05, 0) is 34.0 Å². The molecule has 2 aromatic rings. The molecule has 1 heterocycles. The summed E-state index contributed by atoms with van der Waals surface area (Å²) in [6, 6.07) is 7.43. The third kappa shape index (κ3) is 4.53. The summed E-state index contributed by atoms with van der Waals surface area (Å²) in [7, 11) is 0. The van der Waals surface area contributed by atoms with E-state index in [1.54, 1.807) is 0 Å². The summed E-state index contributed by atoms with van der Waals surface area (Å²) in [6.07, 6.45) is 3.03. The molecule has 0 bridgehead atoms. The lowest BCUT2D eigenvalue weighted by Gasteiger charge is -2.08. The van der Waals surface area contributed by atoms with E-state index in [1.807, 2.05) is 24.3 Å².